The van der Waals surface area contributed by atoms with Crippen molar-refractivity contribution in [2.75, 3.05) is 13.7 Å². The van der Waals surface area contributed by atoms with Gasteiger partial charge in [-0.25, -0.2) is 5.48 Å². The van der Waals surface area contributed by atoms with Crippen LogP contribution in [0.15, 0.2) is 24.4 Å². The molecule has 0 radical (unpaired) electrons. The maximum Gasteiger partial charge on any atom is 0.274 e. The quantitative estimate of drug-likeness (QED) is 0.645. The zero-order valence-electron chi connectivity index (χ0n) is 13.9. The van der Waals surface area contributed by atoms with Gasteiger partial charge in [-0.05, 0) is 35.7 Å². The van der Waals surface area contributed by atoms with Crippen molar-refractivity contribution < 1.29 is 19.5 Å². The number of halogens is 1. The minimum Gasteiger partial charge on any atom is -0.494 e. The molecule has 25 heavy (non-hydrogen) atoms. The molecule has 2 aromatic rings. The highest BCUT2D eigenvalue weighted by Gasteiger charge is 2.28. The van der Waals surface area contributed by atoms with Gasteiger partial charge in [0.25, 0.3) is 11.8 Å². The van der Waals surface area contributed by atoms with Gasteiger partial charge in [0.1, 0.15) is 11.4 Å². The third-order valence-corrected chi connectivity index (χ3v) is 4.73. The van der Waals surface area contributed by atoms with Crippen LogP contribution in [0, 0.1) is 0 Å². The molecule has 0 aliphatic carbocycles. The van der Waals surface area contributed by atoms with Crippen LogP contribution in [-0.4, -0.2) is 40.1 Å². The van der Waals surface area contributed by atoms with Gasteiger partial charge >= 0.3 is 0 Å². The molecule has 8 heteroatoms. The number of nitrogens with zero attached hydrogens (tertiary/aromatic N) is 2. The van der Waals surface area contributed by atoms with Gasteiger partial charge in [0.15, 0.2) is 0 Å². The lowest BCUT2D eigenvalue weighted by Crippen LogP contribution is -2.37. The maximum absolute atomic E-state index is 12.9. The van der Waals surface area contributed by atoms with Gasteiger partial charge in [-0.2, -0.15) is 0 Å². The third kappa shape index (κ3) is 3.08. The first-order valence-electron chi connectivity index (χ1n) is 7.70. The average Bonchev–Trinajstić information content (AvgIpc) is 3.00. The fraction of sp³-hybridized carbons (Fsp3) is 0.294. The first-order chi connectivity index (χ1) is 12.0. The maximum atomic E-state index is 12.9. The highest BCUT2D eigenvalue weighted by Crippen LogP contribution is 2.30. The Balaban J connectivity index is 1.90. The highest BCUT2D eigenvalue weighted by atomic mass is 35.5. The Labute approximate surface area is 149 Å². The van der Waals surface area contributed by atoms with E-state index in [1.807, 2.05) is 0 Å². The lowest BCUT2D eigenvalue weighted by molar-refractivity contribution is 0.0700. The molecule has 132 valence electrons. The number of nitrogens with one attached hydrogen (secondary N) is 1. The minimum atomic E-state index is -0.614. The van der Waals surface area contributed by atoms with Crippen molar-refractivity contribution in [1.82, 2.24) is 14.9 Å². The summed E-state index contributed by atoms with van der Waals surface area (Å²) in [5.74, 6) is -0.223. The highest BCUT2D eigenvalue weighted by molar-refractivity contribution is 6.32. The molecule has 1 aromatic carbocycles. The fourth-order valence-electron chi connectivity index (χ4n) is 3.07. The Morgan fingerprint density at radius 3 is 2.80 bits per heavy atom. The van der Waals surface area contributed by atoms with E-state index in [2.05, 4.69) is 0 Å². The molecule has 3 rings (SSSR count). The van der Waals surface area contributed by atoms with Gasteiger partial charge in [-0.1, -0.05) is 11.6 Å². The van der Waals surface area contributed by atoms with Crippen LogP contribution in [0.1, 0.15) is 32.0 Å². The number of amides is 2. The molecule has 2 heterocycles. The largest absolute Gasteiger partial charge is 0.494 e. The van der Waals surface area contributed by atoms with Gasteiger partial charge < -0.3 is 14.2 Å². The van der Waals surface area contributed by atoms with Crippen molar-refractivity contribution in [1.29, 1.82) is 0 Å². The number of benzene rings is 1. The molecular weight excluding hydrogens is 346 g/mol. The van der Waals surface area contributed by atoms with E-state index >= 15 is 0 Å². The Bertz CT molecular complexity index is 847. The van der Waals surface area contributed by atoms with Crippen molar-refractivity contribution in [2.45, 2.75) is 13.0 Å². The van der Waals surface area contributed by atoms with Crippen molar-refractivity contribution in [3.05, 3.63) is 51.8 Å². The van der Waals surface area contributed by atoms with Gasteiger partial charge in [0, 0.05) is 36.9 Å². The van der Waals surface area contributed by atoms with Crippen LogP contribution in [-0.2, 0) is 20.0 Å². The normalized spacial score (nSPS) is 13.4. The summed E-state index contributed by atoms with van der Waals surface area (Å²) in [6.07, 6.45) is 2.34. The van der Waals surface area contributed by atoms with Crippen molar-refractivity contribution >= 4 is 23.4 Å². The number of aromatic nitrogens is 1. The number of hydrogen-bond acceptors (Lipinski definition) is 4. The summed E-state index contributed by atoms with van der Waals surface area (Å²) < 4.78 is 6.99. The lowest BCUT2D eigenvalue weighted by Gasteiger charge is -2.30. The summed E-state index contributed by atoms with van der Waals surface area (Å²) in [7, 11) is 3.32. The molecule has 7 nitrogen and oxygen atoms in total. The van der Waals surface area contributed by atoms with Crippen LogP contribution in [0.4, 0.5) is 0 Å². The van der Waals surface area contributed by atoms with Crippen molar-refractivity contribution in [3.63, 3.8) is 0 Å². The number of carbonyl (C=O) groups excluding carboxylic acids is 2. The van der Waals surface area contributed by atoms with Crippen LogP contribution in [0.5, 0.6) is 5.75 Å². The molecule has 0 bridgehead atoms. The summed E-state index contributed by atoms with van der Waals surface area (Å²) in [5, 5.41) is 9.17. The van der Waals surface area contributed by atoms with Gasteiger partial charge in [0.2, 0.25) is 0 Å². The van der Waals surface area contributed by atoms with E-state index in [1.54, 1.807) is 40.3 Å². The fourth-order valence-corrected chi connectivity index (χ4v) is 3.36. The van der Waals surface area contributed by atoms with Crippen LogP contribution in [0.2, 0.25) is 5.02 Å². The number of rotatable bonds is 3. The Kier molecular flexibility index (Phi) is 4.69. The summed E-state index contributed by atoms with van der Waals surface area (Å²) in [6.45, 7) is 0.850. The average molecular weight is 364 g/mol. The SMILES string of the molecule is COc1ccn(C)c1C(=O)N1CCc2cc(C(=O)NO)cc(Cl)c2C1. The Morgan fingerprint density at radius 2 is 2.12 bits per heavy atom. The van der Waals surface area contributed by atoms with Crippen LogP contribution < -0.4 is 10.2 Å². The molecule has 2 N–H and O–H groups in total. The van der Waals surface area contributed by atoms with E-state index in [-0.39, 0.29) is 11.5 Å². The summed E-state index contributed by atoms with van der Waals surface area (Å²) in [5.41, 5.74) is 4.08. The summed E-state index contributed by atoms with van der Waals surface area (Å²) >= 11 is 6.30. The van der Waals surface area contributed by atoms with E-state index in [9.17, 15) is 9.59 Å². The van der Waals surface area contributed by atoms with Crippen molar-refractivity contribution in [3.8, 4) is 5.75 Å². The molecule has 2 amide bonds. The van der Waals surface area contributed by atoms with E-state index in [4.69, 9.17) is 21.5 Å². The van der Waals surface area contributed by atoms with Gasteiger partial charge in [-0.3, -0.25) is 14.8 Å². The lowest BCUT2D eigenvalue weighted by atomic mass is 9.96. The number of carbonyl (C=O) groups is 2. The standard InChI is InChI=1S/C17H18ClN3O4/c1-20-5-4-14(25-2)15(20)17(23)21-6-3-10-7-11(16(22)19-24)8-13(18)12(10)9-21/h4-5,7-8,24H,3,6,9H2,1-2H3,(H,19,22). The molecule has 0 fully saturated rings. The molecule has 0 atom stereocenters. The summed E-state index contributed by atoms with van der Waals surface area (Å²) in [6, 6.07) is 4.93. The number of hydroxylamine groups is 1. The molecule has 1 aliphatic rings. The number of aryl methyl sites for hydroxylation is 1. The number of fused-ring (bicyclic) bond motifs is 1. The monoisotopic (exact) mass is 363 g/mol. The van der Waals surface area contributed by atoms with Gasteiger partial charge in [-0.15, -0.1) is 0 Å². The number of ether oxygens (including phenoxy) is 1. The first kappa shape index (κ1) is 17.3. The molecule has 1 aromatic heterocycles. The molecular formula is C17H18ClN3O4. The topological polar surface area (TPSA) is 83.8 Å². The van der Waals surface area contributed by atoms with E-state index in [1.165, 1.54) is 13.2 Å². The first-order valence-corrected chi connectivity index (χ1v) is 8.08. The van der Waals surface area contributed by atoms with Crippen LogP contribution >= 0.6 is 11.6 Å². The molecule has 0 saturated heterocycles. The van der Waals surface area contributed by atoms with Crippen molar-refractivity contribution in [2.24, 2.45) is 7.05 Å². The summed E-state index contributed by atoms with van der Waals surface area (Å²) in [4.78, 5) is 26.2. The zero-order chi connectivity index (χ0) is 18.1. The van der Waals surface area contributed by atoms with Gasteiger partial charge in [0.05, 0.1) is 7.11 Å². The number of hydrogen-bond donors (Lipinski definition) is 2. The predicted molar refractivity (Wildman–Crippen MR) is 91.1 cm³/mol. The van der Waals surface area contributed by atoms with E-state index < -0.39 is 5.91 Å². The zero-order valence-corrected chi connectivity index (χ0v) is 14.6. The Hall–Kier alpha value is -2.51. The van der Waals surface area contributed by atoms with E-state index in [0.29, 0.717) is 36.0 Å². The van der Waals surface area contributed by atoms with E-state index in [0.717, 1.165) is 11.1 Å². The molecule has 1 aliphatic heterocycles. The number of methoxy groups -OCH3 is 1. The smallest absolute Gasteiger partial charge is 0.274 e. The predicted octanol–water partition coefficient (Wildman–Crippen LogP) is 2.00. The second kappa shape index (κ2) is 6.78. The second-order valence-electron chi connectivity index (χ2n) is 5.86. The minimum absolute atomic E-state index is 0.136. The molecule has 0 saturated carbocycles. The van der Waals surface area contributed by atoms with Crippen LogP contribution in [0.25, 0.3) is 0 Å². The second-order valence-corrected chi connectivity index (χ2v) is 6.26. The third-order valence-electron chi connectivity index (χ3n) is 4.40. The molecule has 0 spiro atoms. The molecule has 0 unspecified atom stereocenters. The van der Waals surface area contributed by atoms with Crippen LogP contribution in [0.3, 0.4) is 0 Å². The Morgan fingerprint density at radius 1 is 1.36 bits per heavy atom.